The van der Waals surface area contributed by atoms with Crippen LogP contribution in [0, 0.1) is 6.92 Å². The molecule has 0 aromatic heterocycles. The maximum Gasteiger partial charge on any atom is 0.337 e. The fourth-order valence-corrected chi connectivity index (χ4v) is 1.23. The molecule has 0 fully saturated rings. The Morgan fingerprint density at radius 2 is 1.94 bits per heavy atom. The molecule has 0 spiro atoms. The summed E-state index contributed by atoms with van der Waals surface area (Å²) in [6.07, 6.45) is 0. The molecule has 0 radical (unpaired) electrons. The number of nitrogens with one attached hydrogen (secondary N) is 1. The number of alkyl halides is 2. The van der Waals surface area contributed by atoms with Crippen LogP contribution in [-0.2, 0) is 9.53 Å². The molecule has 0 aliphatic heterocycles. The maximum atomic E-state index is 12.8. The summed E-state index contributed by atoms with van der Waals surface area (Å²) >= 11 is 0. The Bertz CT molecular complexity index is 481. The zero-order valence-electron chi connectivity index (χ0n) is 10.2. The number of esters is 1. The van der Waals surface area contributed by atoms with Gasteiger partial charge in [-0.25, -0.2) is 4.79 Å². The molecule has 1 N–H and O–H groups in total. The van der Waals surface area contributed by atoms with E-state index in [9.17, 15) is 18.4 Å². The van der Waals surface area contributed by atoms with E-state index < -0.39 is 17.8 Å². The number of aryl methyl sites for hydroxylation is 1. The van der Waals surface area contributed by atoms with Crippen LogP contribution in [0.4, 0.5) is 14.5 Å². The van der Waals surface area contributed by atoms with Crippen molar-refractivity contribution in [3.8, 4) is 0 Å². The number of carbonyl (C=O) groups excluding carboxylic acids is 2. The number of amides is 1. The smallest absolute Gasteiger partial charge is 0.337 e. The molecule has 0 unspecified atom stereocenters. The fourth-order valence-electron chi connectivity index (χ4n) is 1.23. The van der Waals surface area contributed by atoms with Crippen LogP contribution in [-0.4, -0.2) is 24.9 Å². The largest absolute Gasteiger partial charge is 0.465 e. The molecule has 0 aliphatic carbocycles. The molecular weight excluding hydrogens is 244 g/mol. The predicted octanol–water partition coefficient (Wildman–Crippen LogP) is 2.38. The summed E-state index contributed by atoms with van der Waals surface area (Å²) < 4.78 is 30.0. The summed E-state index contributed by atoms with van der Waals surface area (Å²) in [6, 6.07) is 4.32. The molecule has 0 saturated heterocycles. The van der Waals surface area contributed by atoms with Crippen LogP contribution in [0.25, 0.3) is 0 Å². The Hall–Kier alpha value is -1.98. The number of ether oxygens (including phenoxy) is 1. The van der Waals surface area contributed by atoms with E-state index >= 15 is 0 Å². The Morgan fingerprint density at radius 1 is 1.33 bits per heavy atom. The minimum atomic E-state index is -3.48. The van der Waals surface area contributed by atoms with E-state index in [4.69, 9.17) is 0 Å². The number of anilines is 1. The Balaban J connectivity index is 3.02. The van der Waals surface area contributed by atoms with Gasteiger partial charge in [0.05, 0.1) is 12.7 Å². The van der Waals surface area contributed by atoms with Gasteiger partial charge in [-0.1, -0.05) is 6.07 Å². The maximum absolute atomic E-state index is 12.8. The summed E-state index contributed by atoms with van der Waals surface area (Å²) in [7, 11) is 1.21. The van der Waals surface area contributed by atoms with Crippen molar-refractivity contribution in [3.05, 3.63) is 29.3 Å². The molecule has 0 saturated carbocycles. The van der Waals surface area contributed by atoms with Crippen LogP contribution in [0.1, 0.15) is 22.8 Å². The normalized spacial score (nSPS) is 10.9. The highest BCUT2D eigenvalue weighted by Crippen LogP contribution is 2.21. The van der Waals surface area contributed by atoms with E-state index in [1.54, 1.807) is 6.92 Å². The zero-order chi connectivity index (χ0) is 13.9. The lowest BCUT2D eigenvalue weighted by Gasteiger charge is -2.13. The third-order valence-electron chi connectivity index (χ3n) is 2.31. The first kappa shape index (κ1) is 14.1. The number of halogens is 2. The lowest BCUT2D eigenvalue weighted by molar-refractivity contribution is -0.137. The highest BCUT2D eigenvalue weighted by Gasteiger charge is 2.32. The van der Waals surface area contributed by atoms with Gasteiger partial charge < -0.3 is 10.1 Å². The second kappa shape index (κ2) is 5.12. The molecule has 0 atom stereocenters. The van der Waals surface area contributed by atoms with Crippen LogP contribution >= 0.6 is 0 Å². The lowest BCUT2D eigenvalue weighted by atomic mass is 10.1. The van der Waals surface area contributed by atoms with Crippen LogP contribution in [0.15, 0.2) is 18.2 Å². The van der Waals surface area contributed by atoms with Gasteiger partial charge in [0.2, 0.25) is 0 Å². The van der Waals surface area contributed by atoms with Crippen molar-refractivity contribution in [1.29, 1.82) is 0 Å². The van der Waals surface area contributed by atoms with E-state index in [2.05, 4.69) is 10.1 Å². The molecule has 1 rings (SSSR count). The standard InChI is InChI=1S/C12H13F2NO3/c1-7-4-5-8(10(16)18-3)6-9(7)15-11(17)12(2,13)14/h4-6H,1-3H3,(H,15,17). The Morgan fingerprint density at radius 3 is 2.44 bits per heavy atom. The number of hydrogen-bond donors (Lipinski definition) is 1. The van der Waals surface area contributed by atoms with Crippen molar-refractivity contribution < 1.29 is 23.1 Å². The SMILES string of the molecule is COC(=O)c1ccc(C)c(NC(=O)C(C)(F)F)c1. The van der Waals surface area contributed by atoms with Gasteiger partial charge in [-0.15, -0.1) is 0 Å². The van der Waals surface area contributed by atoms with Gasteiger partial charge in [-0.2, -0.15) is 8.78 Å². The molecule has 1 amide bonds. The van der Waals surface area contributed by atoms with Crippen molar-refractivity contribution in [2.75, 3.05) is 12.4 Å². The topological polar surface area (TPSA) is 55.4 Å². The summed E-state index contributed by atoms with van der Waals surface area (Å²) in [5, 5.41) is 2.07. The van der Waals surface area contributed by atoms with Gasteiger partial charge in [0.1, 0.15) is 0 Å². The van der Waals surface area contributed by atoms with Gasteiger partial charge >= 0.3 is 11.9 Å². The molecule has 0 heterocycles. The highest BCUT2D eigenvalue weighted by atomic mass is 19.3. The number of methoxy groups -OCH3 is 1. The third kappa shape index (κ3) is 3.26. The lowest BCUT2D eigenvalue weighted by Crippen LogP contribution is -2.31. The Kier molecular flexibility index (Phi) is 4.00. The first-order chi connectivity index (χ1) is 8.25. The monoisotopic (exact) mass is 257 g/mol. The van der Waals surface area contributed by atoms with Crippen molar-refractivity contribution in [2.45, 2.75) is 19.8 Å². The van der Waals surface area contributed by atoms with Crippen molar-refractivity contribution >= 4 is 17.6 Å². The molecule has 6 heteroatoms. The van der Waals surface area contributed by atoms with E-state index in [-0.39, 0.29) is 11.3 Å². The van der Waals surface area contributed by atoms with Gasteiger partial charge in [0.25, 0.3) is 5.91 Å². The minimum absolute atomic E-state index is 0.157. The van der Waals surface area contributed by atoms with Gasteiger partial charge in [0.15, 0.2) is 0 Å². The zero-order valence-corrected chi connectivity index (χ0v) is 10.2. The molecule has 0 aliphatic rings. The average molecular weight is 257 g/mol. The summed E-state index contributed by atoms with van der Waals surface area (Å²) in [5.74, 6) is -5.50. The number of hydrogen-bond acceptors (Lipinski definition) is 3. The average Bonchev–Trinajstić information content (AvgIpc) is 2.29. The predicted molar refractivity (Wildman–Crippen MR) is 61.8 cm³/mol. The summed E-state index contributed by atoms with van der Waals surface area (Å²) in [4.78, 5) is 22.4. The molecular formula is C12H13F2NO3. The summed E-state index contributed by atoms with van der Waals surface area (Å²) in [5.41, 5.74) is 0.905. The van der Waals surface area contributed by atoms with Gasteiger partial charge in [0, 0.05) is 12.6 Å². The van der Waals surface area contributed by atoms with E-state index in [1.165, 1.54) is 25.3 Å². The van der Waals surface area contributed by atoms with Gasteiger partial charge in [-0.3, -0.25) is 4.79 Å². The minimum Gasteiger partial charge on any atom is -0.465 e. The first-order valence-corrected chi connectivity index (χ1v) is 5.14. The number of benzene rings is 1. The van der Waals surface area contributed by atoms with Crippen LogP contribution in [0.3, 0.4) is 0 Å². The first-order valence-electron chi connectivity index (χ1n) is 5.14. The Labute approximate surface area is 103 Å². The second-order valence-electron chi connectivity index (χ2n) is 3.86. The quantitative estimate of drug-likeness (QED) is 0.846. The molecule has 0 bridgehead atoms. The highest BCUT2D eigenvalue weighted by molar-refractivity contribution is 5.98. The third-order valence-corrected chi connectivity index (χ3v) is 2.31. The second-order valence-corrected chi connectivity index (χ2v) is 3.86. The molecule has 4 nitrogen and oxygen atoms in total. The van der Waals surface area contributed by atoms with Crippen LogP contribution in [0.5, 0.6) is 0 Å². The van der Waals surface area contributed by atoms with Crippen molar-refractivity contribution in [2.24, 2.45) is 0 Å². The molecule has 18 heavy (non-hydrogen) atoms. The molecule has 1 aromatic rings. The van der Waals surface area contributed by atoms with Gasteiger partial charge in [-0.05, 0) is 24.6 Å². The van der Waals surface area contributed by atoms with Crippen molar-refractivity contribution in [3.63, 3.8) is 0 Å². The molecule has 1 aromatic carbocycles. The van der Waals surface area contributed by atoms with E-state index in [1.807, 2.05) is 0 Å². The number of rotatable bonds is 3. The van der Waals surface area contributed by atoms with Crippen LogP contribution in [0.2, 0.25) is 0 Å². The summed E-state index contributed by atoms with van der Waals surface area (Å²) in [6.45, 7) is 2.13. The fraction of sp³-hybridized carbons (Fsp3) is 0.333. The van der Waals surface area contributed by atoms with E-state index in [0.717, 1.165) is 0 Å². The van der Waals surface area contributed by atoms with Crippen LogP contribution < -0.4 is 5.32 Å². The van der Waals surface area contributed by atoms with E-state index in [0.29, 0.717) is 12.5 Å². The number of carbonyl (C=O) groups is 2. The van der Waals surface area contributed by atoms with Crippen molar-refractivity contribution in [1.82, 2.24) is 0 Å². The molecule has 98 valence electrons.